The molecule has 3 N–H and O–H groups in total. The van der Waals surface area contributed by atoms with Crippen LogP contribution >= 0.6 is 11.8 Å². The van der Waals surface area contributed by atoms with Crippen molar-refractivity contribution in [1.29, 1.82) is 0 Å². The molecule has 4 aromatic rings. The van der Waals surface area contributed by atoms with Gasteiger partial charge in [0, 0.05) is 34.8 Å². The van der Waals surface area contributed by atoms with E-state index in [1.165, 1.54) is 0 Å². The zero-order valence-electron chi connectivity index (χ0n) is 19.0. The minimum atomic E-state index is -1.10. The largest absolute Gasteiger partial charge is 0.480 e. The quantitative estimate of drug-likeness (QED) is 0.301. The van der Waals surface area contributed by atoms with E-state index in [0.29, 0.717) is 12.0 Å². The SMILES string of the molecule is O=C(SC[C@H](Cc1ccccc1)C(=O)N[C@@H](Cc1c[nH]c2ccccc12)C(=O)O)c1ccccc1. The number of hydrogen-bond donors (Lipinski definition) is 3. The van der Waals surface area contributed by atoms with Crippen molar-refractivity contribution in [3.8, 4) is 0 Å². The van der Waals surface area contributed by atoms with Gasteiger partial charge in [-0.2, -0.15) is 0 Å². The van der Waals surface area contributed by atoms with E-state index in [1.54, 1.807) is 30.5 Å². The van der Waals surface area contributed by atoms with Gasteiger partial charge in [-0.15, -0.1) is 0 Å². The molecule has 0 aliphatic carbocycles. The predicted molar refractivity (Wildman–Crippen MR) is 138 cm³/mol. The molecule has 4 rings (SSSR count). The second kappa shape index (κ2) is 11.5. The number of amides is 1. The van der Waals surface area contributed by atoms with E-state index in [1.807, 2.05) is 60.7 Å². The van der Waals surface area contributed by atoms with Gasteiger partial charge in [0.05, 0.1) is 5.92 Å². The summed E-state index contributed by atoms with van der Waals surface area (Å²) in [6.07, 6.45) is 2.34. The maximum absolute atomic E-state index is 13.3. The molecule has 35 heavy (non-hydrogen) atoms. The lowest BCUT2D eigenvalue weighted by molar-refractivity contribution is -0.142. The van der Waals surface area contributed by atoms with E-state index >= 15 is 0 Å². The van der Waals surface area contributed by atoms with Crippen molar-refractivity contribution in [3.63, 3.8) is 0 Å². The molecule has 1 aromatic heterocycles. The molecule has 3 aromatic carbocycles. The minimum Gasteiger partial charge on any atom is -0.480 e. The Balaban J connectivity index is 1.48. The fourth-order valence-electron chi connectivity index (χ4n) is 3.97. The Kier molecular flexibility index (Phi) is 8.00. The summed E-state index contributed by atoms with van der Waals surface area (Å²) in [5.41, 5.74) is 3.25. The first-order valence-electron chi connectivity index (χ1n) is 11.4. The van der Waals surface area contributed by atoms with Crippen LogP contribution in [0.4, 0.5) is 0 Å². The van der Waals surface area contributed by atoms with Crippen LogP contribution in [0.15, 0.2) is 91.1 Å². The maximum atomic E-state index is 13.3. The topological polar surface area (TPSA) is 99.3 Å². The minimum absolute atomic E-state index is 0.120. The number of fused-ring (bicyclic) bond motifs is 1. The Labute approximate surface area is 207 Å². The van der Waals surface area contributed by atoms with E-state index in [-0.39, 0.29) is 23.2 Å². The molecule has 0 aliphatic heterocycles. The van der Waals surface area contributed by atoms with Crippen molar-refractivity contribution in [2.75, 3.05) is 5.75 Å². The molecule has 0 saturated carbocycles. The van der Waals surface area contributed by atoms with Gasteiger partial charge < -0.3 is 15.4 Å². The Morgan fingerprint density at radius 1 is 0.857 bits per heavy atom. The van der Waals surface area contributed by atoms with Crippen LogP contribution in [-0.2, 0) is 22.4 Å². The molecular formula is C28H26N2O4S. The van der Waals surface area contributed by atoms with Crippen molar-refractivity contribution < 1.29 is 19.5 Å². The molecule has 0 unspecified atom stereocenters. The number of thioether (sulfide) groups is 1. The second-order valence-corrected chi connectivity index (χ2v) is 9.31. The van der Waals surface area contributed by atoms with Crippen LogP contribution in [0.25, 0.3) is 10.9 Å². The Hall–Kier alpha value is -3.84. The number of aliphatic carboxylic acids is 1. The fourth-order valence-corrected chi connectivity index (χ4v) is 4.89. The summed E-state index contributed by atoms with van der Waals surface area (Å²) in [5, 5.41) is 13.4. The molecule has 0 bridgehead atoms. The lowest BCUT2D eigenvalue weighted by Gasteiger charge is -2.20. The molecule has 0 aliphatic rings. The zero-order chi connectivity index (χ0) is 24.6. The molecule has 1 amide bonds. The number of carboxylic acid groups (broad SMARTS) is 1. The van der Waals surface area contributed by atoms with Crippen LogP contribution < -0.4 is 5.32 Å². The third-order valence-corrected chi connectivity index (χ3v) is 6.90. The number of aromatic amines is 1. The zero-order valence-corrected chi connectivity index (χ0v) is 19.8. The number of carbonyl (C=O) groups excluding carboxylic acids is 2. The number of carbonyl (C=O) groups is 3. The van der Waals surface area contributed by atoms with E-state index < -0.39 is 17.9 Å². The van der Waals surface area contributed by atoms with Crippen molar-refractivity contribution in [2.45, 2.75) is 18.9 Å². The van der Waals surface area contributed by atoms with Crippen molar-refractivity contribution >= 4 is 39.7 Å². The number of rotatable bonds is 10. The van der Waals surface area contributed by atoms with Gasteiger partial charge in [-0.25, -0.2) is 4.79 Å². The molecule has 0 radical (unpaired) electrons. The lowest BCUT2D eigenvalue weighted by atomic mass is 9.99. The van der Waals surface area contributed by atoms with Gasteiger partial charge >= 0.3 is 5.97 Å². The van der Waals surface area contributed by atoms with E-state index in [9.17, 15) is 19.5 Å². The highest BCUT2D eigenvalue weighted by atomic mass is 32.2. The second-order valence-electron chi connectivity index (χ2n) is 8.31. The van der Waals surface area contributed by atoms with E-state index in [0.717, 1.165) is 33.8 Å². The molecular weight excluding hydrogens is 460 g/mol. The molecule has 2 atom stereocenters. The van der Waals surface area contributed by atoms with Crippen molar-refractivity contribution in [1.82, 2.24) is 10.3 Å². The monoisotopic (exact) mass is 486 g/mol. The van der Waals surface area contributed by atoms with Gasteiger partial charge in [0.15, 0.2) is 0 Å². The van der Waals surface area contributed by atoms with Gasteiger partial charge in [-0.1, -0.05) is 90.6 Å². The number of benzene rings is 3. The smallest absolute Gasteiger partial charge is 0.326 e. The van der Waals surface area contributed by atoms with Crippen LogP contribution in [0.1, 0.15) is 21.5 Å². The Morgan fingerprint density at radius 2 is 1.51 bits per heavy atom. The molecule has 1 heterocycles. The lowest BCUT2D eigenvalue weighted by Crippen LogP contribution is -2.46. The van der Waals surface area contributed by atoms with Crippen molar-refractivity contribution in [2.24, 2.45) is 5.92 Å². The standard InChI is InChI=1S/C28H26N2O4S/c31-26(30-25(27(32)33)16-21-17-29-24-14-8-7-13-23(21)24)22(15-19-9-3-1-4-10-19)18-35-28(34)20-11-5-2-6-12-20/h1-14,17,22,25,29H,15-16,18H2,(H,30,31)(H,32,33)/t22-,25-/m0/s1. The number of aromatic nitrogens is 1. The number of hydrogen-bond acceptors (Lipinski definition) is 4. The summed E-state index contributed by atoms with van der Waals surface area (Å²) in [6, 6.07) is 25.0. The van der Waals surface area contributed by atoms with Crippen LogP contribution in [0.2, 0.25) is 0 Å². The summed E-state index contributed by atoms with van der Waals surface area (Å²) < 4.78 is 0. The highest BCUT2D eigenvalue weighted by Crippen LogP contribution is 2.21. The highest BCUT2D eigenvalue weighted by Gasteiger charge is 2.27. The first-order valence-corrected chi connectivity index (χ1v) is 12.3. The van der Waals surface area contributed by atoms with Crippen LogP contribution in [0, 0.1) is 5.92 Å². The van der Waals surface area contributed by atoms with Gasteiger partial charge in [0.2, 0.25) is 11.0 Å². The summed E-state index contributed by atoms with van der Waals surface area (Å²) >= 11 is 1.08. The molecule has 6 nitrogen and oxygen atoms in total. The molecule has 0 fully saturated rings. The summed E-state index contributed by atoms with van der Waals surface area (Å²) in [4.78, 5) is 41.1. The summed E-state index contributed by atoms with van der Waals surface area (Å²) in [5.74, 6) is -1.81. The molecule has 0 saturated heterocycles. The average Bonchev–Trinajstić information content (AvgIpc) is 3.29. The van der Waals surface area contributed by atoms with E-state index in [2.05, 4.69) is 10.3 Å². The highest BCUT2D eigenvalue weighted by molar-refractivity contribution is 8.14. The van der Waals surface area contributed by atoms with Crippen LogP contribution in [0.5, 0.6) is 0 Å². The first kappa shape index (κ1) is 24.3. The number of carboxylic acids is 1. The number of H-pyrrole nitrogens is 1. The Morgan fingerprint density at radius 3 is 2.23 bits per heavy atom. The third-order valence-electron chi connectivity index (χ3n) is 5.83. The number of nitrogens with one attached hydrogen (secondary N) is 2. The van der Waals surface area contributed by atoms with Gasteiger partial charge in [0.1, 0.15) is 6.04 Å². The molecule has 178 valence electrons. The fraction of sp³-hybridized carbons (Fsp3) is 0.179. The summed E-state index contributed by atoms with van der Waals surface area (Å²) in [7, 11) is 0. The predicted octanol–water partition coefficient (Wildman–Crippen LogP) is 4.71. The van der Waals surface area contributed by atoms with Gasteiger partial charge in [-0.05, 0) is 23.6 Å². The van der Waals surface area contributed by atoms with Gasteiger partial charge in [0.25, 0.3) is 0 Å². The summed E-state index contributed by atoms with van der Waals surface area (Å²) in [6.45, 7) is 0. The maximum Gasteiger partial charge on any atom is 0.326 e. The average molecular weight is 487 g/mol. The Bertz CT molecular complexity index is 1300. The third kappa shape index (κ3) is 6.39. The van der Waals surface area contributed by atoms with Crippen LogP contribution in [0.3, 0.4) is 0 Å². The number of para-hydroxylation sites is 1. The van der Waals surface area contributed by atoms with Gasteiger partial charge in [-0.3, -0.25) is 9.59 Å². The van der Waals surface area contributed by atoms with Crippen LogP contribution in [-0.4, -0.2) is 38.9 Å². The first-order chi connectivity index (χ1) is 17.0. The van der Waals surface area contributed by atoms with Crippen molar-refractivity contribution in [3.05, 3.63) is 108 Å². The molecule has 0 spiro atoms. The molecule has 7 heteroatoms. The van der Waals surface area contributed by atoms with E-state index in [4.69, 9.17) is 0 Å². The normalized spacial score (nSPS) is 12.7.